The zero-order chi connectivity index (χ0) is 45.6. The minimum atomic E-state index is -0.0993. The Morgan fingerprint density at radius 1 is 0.373 bits per heavy atom. The van der Waals surface area contributed by atoms with Gasteiger partial charge in [0.15, 0.2) is 11.3 Å². The molecule has 0 radical (unpaired) electrons. The van der Waals surface area contributed by atoms with Crippen molar-refractivity contribution in [3.8, 4) is 16.8 Å². The van der Waals surface area contributed by atoms with Gasteiger partial charge in [-0.2, -0.15) is 0 Å². The molecule has 6 heterocycles. The standard InChI is InChI=1S/C62H51N5/c1-60(2,3)36-28-42(35-24-25-50-43(27-35)41-21-15-16-22-49(41)65(50)39-18-11-10-12-19-39)55-44(29-36)45-30-37(61(4,5)6)32-47-54-59(67(55)56(45)47)64-53-48-33-38(62(7,8)9)31-46-52-40-20-14-13-17-34(40)23-26-51(52)66(57(46)48)58(53)63-54/h10-33H,1-9H3. The molecule has 14 aromatic rings. The molecule has 0 N–H and O–H groups in total. The van der Waals surface area contributed by atoms with E-state index in [-0.39, 0.29) is 16.2 Å². The summed E-state index contributed by atoms with van der Waals surface area (Å²) in [6.45, 7) is 20.9. The Bertz CT molecular complexity index is 4420. The average molecular weight is 866 g/mol. The highest BCUT2D eigenvalue weighted by Gasteiger charge is 2.30. The van der Waals surface area contributed by atoms with Crippen molar-refractivity contribution in [1.29, 1.82) is 0 Å². The zero-order valence-corrected chi connectivity index (χ0v) is 39.6. The van der Waals surface area contributed by atoms with Gasteiger partial charge in [0.05, 0.1) is 33.1 Å². The lowest BCUT2D eigenvalue weighted by atomic mass is 9.83. The predicted molar refractivity (Wildman–Crippen MR) is 285 cm³/mol. The average Bonchev–Trinajstić information content (AvgIpc) is 4.10. The van der Waals surface area contributed by atoms with Crippen LogP contribution < -0.4 is 0 Å². The van der Waals surface area contributed by atoms with Gasteiger partial charge in [-0.25, -0.2) is 9.97 Å². The van der Waals surface area contributed by atoms with Gasteiger partial charge < -0.3 is 4.57 Å². The van der Waals surface area contributed by atoms with Gasteiger partial charge in [0, 0.05) is 54.3 Å². The molecule has 6 aromatic heterocycles. The van der Waals surface area contributed by atoms with Gasteiger partial charge in [0.2, 0.25) is 0 Å². The zero-order valence-electron chi connectivity index (χ0n) is 39.6. The number of hydrogen-bond acceptors (Lipinski definition) is 2. The summed E-state index contributed by atoms with van der Waals surface area (Å²) in [7, 11) is 0. The summed E-state index contributed by atoms with van der Waals surface area (Å²) in [5, 5.41) is 12.4. The molecule has 0 aliphatic heterocycles. The van der Waals surface area contributed by atoms with E-state index in [9.17, 15) is 0 Å². The van der Waals surface area contributed by atoms with Crippen molar-refractivity contribution in [2.45, 2.75) is 78.6 Å². The second-order valence-electron chi connectivity index (χ2n) is 22.3. The highest BCUT2D eigenvalue weighted by Crippen LogP contribution is 2.49. The summed E-state index contributed by atoms with van der Waals surface area (Å²) in [6, 6.07) is 54.7. The first-order valence-electron chi connectivity index (χ1n) is 23.8. The Labute approximate surface area is 388 Å². The summed E-state index contributed by atoms with van der Waals surface area (Å²) < 4.78 is 7.30. The molecule has 0 aliphatic rings. The SMILES string of the molecule is CC(C)(C)c1cc(-c2ccc3c(c2)c2ccccc2n3-c2ccccc2)c2c(c1)c1cc(C(C)(C)C)cc3c4nc5c(nc4n2c13)c1cc(C(C)(C)C)cc2c3c4ccccc4ccc3n5c12. The molecule has 0 fully saturated rings. The molecule has 0 spiro atoms. The van der Waals surface area contributed by atoms with E-state index in [1.807, 2.05) is 0 Å². The van der Waals surface area contributed by atoms with Crippen LogP contribution in [0.25, 0.3) is 126 Å². The van der Waals surface area contributed by atoms with E-state index in [1.165, 1.54) is 104 Å². The second-order valence-corrected chi connectivity index (χ2v) is 22.3. The van der Waals surface area contributed by atoms with Gasteiger partial charge in [0.1, 0.15) is 11.0 Å². The van der Waals surface area contributed by atoms with Gasteiger partial charge in [-0.15, -0.1) is 0 Å². The van der Waals surface area contributed by atoms with Crippen LogP contribution in [0, 0.1) is 0 Å². The van der Waals surface area contributed by atoms with E-state index >= 15 is 0 Å². The normalized spacial score (nSPS) is 13.4. The highest BCUT2D eigenvalue weighted by molar-refractivity contribution is 6.30. The van der Waals surface area contributed by atoms with Crippen LogP contribution in [-0.2, 0) is 16.2 Å². The predicted octanol–water partition coefficient (Wildman–Crippen LogP) is 16.6. The lowest BCUT2D eigenvalue weighted by molar-refractivity contribution is 0.591. The van der Waals surface area contributed by atoms with Crippen LogP contribution in [0.1, 0.15) is 79.0 Å². The molecule has 8 aromatic carbocycles. The smallest absolute Gasteiger partial charge is 0.165 e. The number of nitrogens with zero attached hydrogens (tertiary/aromatic N) is 5. The van der Waals surface area contributed by atoms with Crippen molar-refractivity contribution >= 4 is 109 Å². The molecule has 67 heavy (non-hydrogen) atoms. The first-order valence-corrected chi connectivity index (χ1v) is 23.8. The fourth-order valence-electron chi connectivity index (χ4n) is 11.6. The minimum Gasteiger partial charge on any atom is -0.309 e. The maximum atomic E-state index is 5.90. The summed E-state index contributed by atoms with van der Waals surface area (Å²) >= 11 is 0. The first kappa shape index (κ1) is 38.7. The minimum absolute atomic E-state index is 0.0762. The fraction of sp³-hybridized carbons (Fsp3) is 0.194. The Morgan fingerprint density at radius 3 is 1.58 bits per heavy atom. The van der Waals surface area contributed by atoms with E-state index < -0.39 is 0 Å². The summed E-state index contributed by atoms with van der Waals surface area (Å²) in [5.41, 5.74) is 18.0. The molecular weight excluding hydrogens is 815 g/mol. The lowest BCUT2D eigenvalue weighted by Crippen LogP contribution is -2.11. The summed E-state index contributed by atoms with van der Waals surface area (Å²) in [4.78, 5) is 11.8. The molecular formula is C62H51N5. The molecule has 5 heteroatoms. The Morgan fingerprint density at radius 2 is 0.896 bits per heavy atom. The van der Waals surface area contributed by atoms with Gasteiger partial charge >= 0.3 is 0 Å². The van der Waals surface area contributed by atoms with Crippen LogP contribution in [0.5, 0.6) is 0 Å². The monoisotopic (exact) mass is 865 g/mol. The van der Waals surface area contributed by atoms with Gasteiger partial charge in [-0.3, -0.25) is 8.80 Å². The number of hydrogen-bond donors (Lipinski definition) is 0. The molecule has 324 valence electrons. The third-order valence-corrected chi connectivity index (χ3v) is 15.1. The van der Waals surface area contributed by atoms with Crippen molar-refractivity contribution < 1.29 is 0 Å². The van der Waals surface area contributed by atoms with E-state index in [2.05, 4.69) is 221 Å². The summed E-state index contributed by atoms with van der Waals surface area (Å²) in [6.07, 6.45) is 0. The highest BCUT2D eigenvalue weighted by atomic mass is 15.1. The number of rotatable bonds is 2. The van der Waals surface area contributed by atoms with Crippen LogP contribution in [0.15, 0.2) is 146 Å². The van der Waals surface area contributed by atoms with E-state index in [0.29, 0.717) is 0 Å². The lowest BCUT2D eigenvalue weighted by Gasteiger charge is -2.21. The van der Waals surface area contributed by atoms with Crippen molar-refractivity contribution in [2.75, 3.05) is 0 Å². The molecule has 0 saturated carbocycles. The molecule has 0 bridgehead atoms. The Balaban J connectivity index is 1.16. The third kappa shape index (κ3) is 5.15. The van der Waals surface area contributed by atoms with E-state index in [1.54, 1.807) is 0 Å². The van der Waals surface area contributed by atoms with Crippen LogP contribution in [-0.4, -0.2) is 23.3 Å². The summed E-state index contributed by atoms with van der Waals surface area (Å²) in [5.74, 6) is 0. The maximum absolute atomic E-state index is 5.90. The van der Waals surface area contributed by atoms with E-state index in [4.69, 9.17) is 9.97 Å². The molecule has 0 aliphatic carbocycles. The second kappa shape index (κ2) is 12.7. The van der Waals surface area contributed by atoms with E-state index in [0.717, 1.165) is 38.8 Å². The molecule has 5 nitrogen and oxygen atoms in total. The fourth-order valence-corrected chi connectivity index (χ4v) is 11.6. The molecule has 0 unspecified atom stereocenters. The topological polar surface area (TPSA) is 39.5 Å². The Kier molecular flexibility index (Phi) is 7.33. The van der Waals surface area contributed by atoms with Crippen molar-refractivity contribution in [2.24, 2.45) is 0 Å². The van der Waals surface area contributed by atoms with Gasteiger partial charge in [-0.05, 0) is 122 Å². The number of benzene rings is 8. The number of fused-ring (bicyclic) bond motifs is 17. The third-order valence-electron chi connectivity index (χ3n) is 15.1. The van der Waals surface area contributed by atoms with Crippen molar-refractivity contribution in [3.05, 3.63) is 162 Å². The van der Waals surface area contributed by atoms with Crippen molar-refractivity contribution in [3.63, 3.8) is 0 Å². The van der Waals surface area contributed by atoms with Crippen LogP contribution in [0.4, 0.5) is 0 Å². The molecule has 0 amide bonds. The van der Waals surface area contributed by atoms with Crippen LogP contribution in [0.2, 0.25) is 0 Å². The Hall–Kier alpha value is -7.50. The maximum Gasteiger partial charge on any atom is 0.165 e. The molecule has 0 saturated heterocycles. The quantitative estimate of drug-likeness (QED) is 0.174. The largest absolute Gasteiger partial charge is 0.309 e. The van der Waals surface area contributed by atoms with Crippen molar-refractivity contribution in [1.82, 2.24) is 23.3 Å². The van der Waals surface area contributed by atoms with Crippen LogP contribution >= 0.6 is 0 Å². The van der Waals surface area contributed by atoms with Gasteiger partial charge in [-0.1, -0.05) is 135 Å². The van der Waals surface area contributed by atoms with Gasteiger partial charge in [0.25, 0.3) is 0 Å². The first-order chi connectivity index (χ1) is 32.1. The molecule has 0 atom stereocenters. The number of para-hydroxylation sites is 2. The van der Waals surface area contributed by atoms with Crippen LogP contribution in [0.3, 0.4) is 0 Å². The molecule has 14 rings (SSSR count). The number of aromatic nitrogens is 5.